The highest BCUT2D eigenvalue weighted by atomic mass is 16.6. The largest absolute Gasteiger partial charge is 0.507 e. The Kier molecular flexibility index (Phi) is 5.26. The monoisotopic (exact) mass is 588 g/mol. The molecule has 4 aliphatic carbocycles. The van der Waals surface area contributed by atoms with Gasteiger partial charge < -0.3 is 29.5 Å². The molecule has 8 rings (SSSR count). The molecule has 2 bridgehead atoms. The molecular formula is C31H24O12. The minimum absolute atomic E-state index is 0.0214. The number of phenolic OH excluding ortho intramolecular Hbond substituents is 2. The number of phenols is 2. The lowest BCUT2D eigenvalue weighted by Crippen LogP contribution is -2.67. The molecule has 0 aromatic heterocycles. The zero-order valence-electron chi connectivity index (χ0n) is 22.9. The summed E-state index contributed by atoms with van der Waals surface area (Å²) in [6, 6.07) is 3.92. The van der Waals surface area contributed by atoms with Crippen LogP contribution in [0.2, 0.25) is 0 Å². The van der Waals surface area contributed by atoms with Gasteiger partial charge in [-0.05, 0) is 49.1 Å². The van der Waals surface area contributed by atoms with Gasteiger partial charge in [0.15, 0.2) is 23.5 Å². The Hall–Kier alpha value is -4.84. The first kappa shape index (κ1) is 27.0. The Morgan fingerprint density at radius 1 is 1.02 bits per heavy atom. The number of Topliss-reactive ketones (excluding diaryl/α,β-unsaturated/α-hetero) is 4. The first-order valence-corrected chi connectivity index (χ1v) is 13.6. The minimum atomic E-state index is -2.94. The van der Waals surface area contributed by atoms with Crippen molar-refractivity contribution in [1.82, 2.24) is 0 Å². The van der Waals surface area contributed by atoms with E-state index in [4.69, 9.17) is 14.2 Å². The van der Waals surface area contributed by atoms with Crippen molar-refractivity contribution in [2.75, 3.05) is 7.11 Å². The predicted octanol–water partition coefficient (Wildman–Crippen LogP) is 1.56. The number of ketones is 4. The van der Waals surface area contributed by atoms with Gasteiger partial charge in [0.05, 0.1) is 30.4 Å². The molecule has 0 unspecified atom stereocenters. The quantitative estimate of drug-likeness (QED) is 0.261. The fourth-order valence-corrected chi connectivity index (χ4v) is 7.43. The number of allylic oxidation sites excluding steroid dienone is 1. The lowest BCUT2D eigenvalue weighted by Gasteiger charge is -2.47. The molecule has 0 saturated carbocycles. The molecule has 2 aromatic carbocycles. The number of carbonyl (C=O) groups is 6. The normalized spacial score (nSPS) is 31.8. The number of aromatic hydroxyl groups is 2. The van der Waals surface area contributed by atoms with Crippen LogP contribution in [0.5, 0.6) is 17.2 Å². The van der Waals surface area contributed by atoms with E-state index < -0.39 is 93.6 Å². The van der Waals surface area contributed by atoms with Gasteiger partial charge >= 0.3 is 11.9 Å². The van der Waals surface area contributed by atoms with Gasteiger partial charge in [-0.25, -0.2) is 4.79 Å². The average Bonchev–Trinajstić information content (AvgIpc) is 3.29. The van der Waals surface area contributed by atoms with Crippen molar-refractivity contribution in [2.24, 2.45) is 5.41 Å². The summed E-state index contributed by atoms with van der Waals surface area (Å²) in [7, 11) is 1.08. The summed E-state index contributed by atoms with van der Waals surface area (Å²) in [5.74, 6) is -8.34. The van der Waals surface area contributed by atoms with Gasteiger partial charge in [-0.15, -0.1) is 0 Å². The highest BCUT2D eigenvalue weighted by Gasteiger charge is 2.71. The molecule has 1 spiro atoms. The van der Waals surface area contributed by atoms with Crippen LogP contribution in [0, 0.1) is 12.3 Å². The van der Waals surface area contributed by atoms with Crippen LogP contribution in [0.3, 0.4) is 0 Å². The number of aryl methyl sites for hydroxylation is 1. The van der Waals surface area contributed by atoms with E-state index in [1.807, 2.05) is 0 Å². The molecule has 2 aromatic rings. The number of rotatable bonds is 2. The van der Waals surface area contributed by atoms with E-state index in [0.717, 1.165) is 7.11 Å². The van der Waals surface area contributed by atoms with E-state index in [2.05, 4.69) is 0 Å². The van der Waals surface area contributed by atoms with Crippen LogP contribution in [0.1, 0.15) is 72.9 Å². The Morgan fingerprint density at radius 2 is 1.77 bits per heavy atom. The molecule has 12 heteroatoms. The SMILES string of the molecule is COC(=O)[C@]1([C@@H]2CCC(=O)O2)CC(=O)c2c(cc3c(c2O)[C@@H]2C=C[C@@]4(C3)C(=O)c3cc(C)cc(O)c3C(=O)[C@]4(O)C2=O)O1. The van der Waals surface area contributed by atoms with Crippen molar-refractivity contribution in [1.29, 1.82) is 0 Å². The highest BCUT2D eigenvalue weighted by Crippen LogP contribution is 2.59. The van der Waals surface area contributed by atoms with Crippen LogP contribution in [0.25, 0.3) is 0 Å². The van der Waals surface area contributed by atoms with E-state index in [0.29, 0.717) is 5.56 Å². The van der Waals surface area contributed by atoms with Crippen LogP contribution in [0.15, 0.2) is 30.4 Å². The van der Waals surface area contributed by atoms with E-state index in [1.165, 1.54) is 30.4 Å². The zero-order chi connectivity index (χ0) is 30.8. The molecule has 6 aliphatic rings. The Balaban J connectivity index is 1.44. The van der Waals surface area contributed by atoms with Gasteiger partial charge in [-0.1, -0.05) is 12.2 Å². The molecule has 2 heterocycles. The second-order valence-corrected chi connectivity index (χ2v) is 11.7. The summed E-state index contributed by atoms with van der Waals surface area (Å²) in [5, 5.41) is 34.1. The van der Waals surface area contributed by atoms with Crippen molar-refractivity contribution in [2.45, 2.75) is 55.8 Å². The Labute approximate surface area is 242 Å². The summed E-state index contributed by atoms with van der Waals surface area (Å²) in [5.41, 5.74) is -7.69. The fourth-order valence-electron chi connectivity index (χ4n) is 7.43. The smallest absolute Gasteiger partial charge is 0.354 e. The van der Waals surface area contributed by atoms with E-state index in [9.17, 15) is 44.1 Å². The predicted molar refractivity (Wildman–Crippen MR) is 141 cm³/mol. The molecule has 3 N–H and O–H groups in total. The molecule has 2 aliphatic heterocycles. The van der Waals surface area contributed by atoms with Gasteiger partial charge in [-0.2, -0.15) is 0 Å². The molecule has 12 nitrogen and oxygen atoms in total. The van der Waals surface area contributed by atoms with Gasteiger partial charge in [0.2, 0.25) is 17.0 Å². The number of ether oxygens (including phenoxy) is 3. The van der Waals surface area contributed by atoms with Crippen LogP contribution in [-0.4, -0.2) is 74.8 Å². The highest BCUT2D eigenvalue weighted by molar-refractivity contribution is 6.32. The van der Waals surface area contributed by atoms with E-state index in [1.54, 1.807) is 6.92 Å². The average molecular weight is 589 g/mol. The van der Waals surface area contributed by atoms with Gasteiger partial charge in [0, 0.05) is 17.5 Å². The lowest BCUT2D eigenvalue weighted by molar-refractivity contribution is -0.175. The van der Waals surface area contributed by atoms with Crippen LogP contribution in [-0.2, 0) is 30.3 Å². The number of hydrogen-bond donors (Lipinski definition) is 3. The van der Waals surface area contributed by atoms with Crippen molar-refractivity contribution in [3.63, 3.8) is 0 Å². The van der Waals surface area contributed by atoms with Crippen LogP contribution < -0.4 is 4.74 Å². The van der Waals surface area contributed by atoms with Crippen molar-refractivity contribution < 1.29 is 58.3 Å². The fraction of sp³-hybridized carbons (Fsp3) is 0.355. The first-order valence-electron chi connectivity index (χ1n) is 13.6. The minimum Gasteiger partial charge on any atom is -0.507 e. The topological polar surface area (TPSA) is 191 Å². The maximum absolute atomic E-state index is 14.2. The number of fused-ring (bicyclic) bond motifs is 2. The molecule has 0 radical (unpaired) electrons. The second kappa shape index (κ2) is 8.38. The first-order chi connectivity index (χ1) is 20.3. The third kappa shape index (κ3) is 3.08. The summed E-state index contributed by atoms with van der Waals surface area (Å²) in [6.07, 6.45) is 0.338. The number of carbonyl (C=O) groups excluding carboxylic acids is 6. The number of esters is 2. The van der Waals surface area contributed by atoms with Gasteiger partial charge in [0.25, 0.3) is 0 Å². The number of aliphatic hydroxyl groups is 1. The number of hydrogen-bond acceptors (Lipinski definition) is 12. The maximum Gasteiger partial charge on any atom is 0.354 e. The Bertz CT molecular complexity index is 1800. The maximum atomic E-state index is 14.2. The number of cyclic esters (lactones) is 1. The summed E-state index contributed by atoms with van der Waals surface area (Å²) in [6.45, 7) is 1.60. The summed E-state index contributed by atoms with van der Waals surface area (Å²) < 4.78 is 16.3. The van der Waals surface area contributed by atoms with Gasteiger partial charge in [-0.3, -0.25) is 24.0 Å². The zero-order valence-corrected chi connectivity index (χ0v) is 22.9. The number of benzene rings is 2. The van der Waals surface area contributed by atoms with Crippen molar-refractivity contribution >= 4 is 35.1 Å². The Morgan fingerprint density at radius 3 is 2.44 bits per heavy atom. The molecule has 1 saturated heterocycles. The number of methoxy groups -OCH3 is 1. The van der Waals surface area contributed by atoms with E-state index in [-0.39, 0.29) is 40.8 Å². The van der Waals surface area contributed by atoms with Gasteiger partial charge in [0.1, 0.15) is 22.8 Å². The van der Waals surface area contributed by atoms with Crippen molar-refractivity contribution in [3.8, 4) is 17.2 Å². The third-order valence-corrected chi connectivity index (χ3v) is 9.42. The third-order valence-electron chi connectivity index (χ3n) is 9.42. The molecule has 1 fully saturated rings. The lowest BCUT2D eigenvalue weighted by atomic mass is 9.54. The summed E-state index contributed by atoms with van der Waals surface area (Å²) >= 11 is 0. The standard InChI is InChI=1S/C31H24O12/c1-12-7-15-22(16(32)8-12)27(38)31(40)26(37)14-5-6-29(31,25(15)36)10-13-9-18-23(24(35)21(13)14)17(33)11-30(43-18,28(39)41-2)19-3-4-20(34)42-19/h5-9,14,19,32,35,40H,3-4,10-11H2,1-2H3/t14-,19-,29+,30+,31+/m0/s1. The van der Waals surface area contributed by atoms with Crippen LogP contribution >= 0.6 is 0 Å². The second-order valence-electron chi connectivity index (χ2n) is 11.7. The molecule has 0 amide bonds. The molecule has 5 atom stereocenters. The van der Waals surface area contributed by atoms with Crippen molar-refractivity contribution in [3.05, 3.63) is 63.7 Å². The van der Waals surface area contributed by atoms with Crippen LogP contribution in [0.4, 0.5) is 0 Å². The molecular weight excluding hydrogens is 564 g/mol. The van der Waals surface area contributed by atoms with E-state index >= 15 is 0 Å². The molecule has 43 heavy (non-hydrogen) atoms. The molecule has 220 valence electrons. The summed E-state index contributed by atoms with van der Waals surface area (Å²) in [4.78, 5) is 80.6.